The van der Waals surface area contributed by atoms with Crippen molar-refractivity contribution in [2.24, 2.45) is 0 Å². The van der Waals surface area contributed by atoms with E-state index in [4.69, 9.17) is 5.11 Å². The van der Waals surface area contributed by atoms with Gasteiger partial charge in [0.05, 0.1) is 17.4 Å². The number of carboxylic acid groups (broad SMARTS) is 1. The van der Waals surface area contributed by atoms with Crippen molar-refractivity contribution in [2.45, 2.75) is 25.4 Å². The van der Waals surface area contributed by atoms with Gasteiger partial charge in [-0.25, -0.2) is 4.79 Å². The first kappa shape index (κ1) is 16.6. The highest BCUT2D eigenvalue weighted by atomic mass is 16.4. The number of phenolic OH excluding ortho intramolecular Hbond substituents is 2. The number of carboxylic acids is 1. The number of benzene rings is 1. The fourth-order valence-electron chi connectivity index (χ4n) is 2.21. The second-order valence-electron chi connectivity index (χ2n) is 5.20. The van der Waals surface area contributed by atoms with Gasteiger partial charge in [0.1, 0.15) is 0 Å². The van der Waals surface area contributed by atoms with Gasteiger partial charge in [0.2, 0.25) is 5.91 Å². The highest BCUT2D eigenvalue weighted by Gasteiger charge is 2.21. The van der Waals surface area contributed by atoms with Gasteiger partial charge in [-0.1, -0.05) is 12.1 Å². The van der Waals surface area contributed by atoms with Crippen molar-refractivity contribution in [3.05, 3.63) is 47.2 Å². The molecule has 1 unspecified atom stereocenters. The number of nitrogens with one attached hydrogen (secondary N) is 1. The number of carbonyl (C=O) groups excluding carboxylic acids is 1. The average Bonchev–Trinajstić information content (AvgIpc) is 2.50. The Labute approximate surface area is 132 Å². The Morgan fingerprint density at radius 3 is 2.61 bits per heavy atom. The van der Waals surface area contributed by atoms with Gasteiger partial charge in [-0.15, -0.1) is 0 Å². The number of allylic oxidation sites excluding steroid dienone is 1. The maximum atomic E-state index is 11.9. The number of rotatable bonds is 5. The molecule has 0 aromatic heterocycles. The molecule has 1 aromatic rings. The number of amides is 1. The molecule has 0 spiro atoms. The molecule has 0 saturated heterocycles. The molecule has 1 aliphatic rings. The lowest BCUT2D eigenvalue weighted by Crippen LogP contribution is -2.28. The van der Waals surface area contributed by atoms with Gasteiger partial charge in [0, 0.05) is 12.8 Å². The summed E-state index contributed by atoms with van der Waals surface area (Å²) >= 11 is 0. The third kappa shape index (κ3) is 4.33. The van der Waals surface area contributed by atoms with Crippen LogP contribution in [0.2, 0.25) is 0 Å². The Kier molecular flexibility index (Phi) is 5.02. The molecule has 7 heteroatoms. The topological polar surface area (TPSA) is 127 Å². The van der Waals surface area contributed by atoms with E-state index in [9.17, 15) is 24.9 Å². The number of aryl methyl sites for hydroxylation is 1. The van der Waals surface area contributed by atoms with Gasteiger partial charge >= 0.3 is 5.97 Å². The van der Waals surface area contributed by atoms with Crippen LogP contribution in [0.15, 0.2) is 41.6 Å². The maximum Gasteiger partial charge on any atom is 0.333 e. The van der Waals surface area contributed by atoms with Crippen LogP contribution >= 0.6 is 0 Å². The summed E-state index contributed by atoms with van der Waals surface area (Å²) in [7, 11) is 0. The van der Waals surface area contributed by atoms with Crippen LogP contribution in [-0.4, -0.2) is 38.4 Å². The molecule has 1 atom stereocenters. The lowest BCUT2D eigenvalue weighted by molar-refractivity contribution is -0.133. The normalized spacial score (nSPS) is 17.2. The van der Waals surface area contributed by atoms with Gasteiger partial charge in [0.15, 0.2) is 11.5 Å². The number of hydrogen-bond donors (Lipinski definition) is 5. The number of aliphatic hydroxyl groups excluding tert-OH is 1. The van der Waals surface area contributed by atoms with E-state index in [1.807, 2.05) is 0 Å². The van der Waals surface area contributed by atoms with E-state index in [-0.39, 0.29) is 41.5 Å². The zero-order valence-electron chi connectivity index (χ0n) is 12.2. The first-order valence-electron chi connectivity index (χ1n) is 7.00. The number of aliphatic carboxylic acids is 1. The summed E-state index contributed by atoms with van der Waals surface area (Å²) in [6.07, 6.45) is 2.26. The zero-order valence-corrected chi connectivity index (χ0v) is 12.2. The molecule has 0 saturated carbocycles. The molecule has 0 bridgehead atoms. The number of hydrogen-bond acceptors (Lipinski definition) is 5. The predicted octanol–water partition coefficient (Wildman–Crippen LogP) is 0.806. The van der Waals surface area contributed by atoms with Crippen LogP contribution < -0.4 is 5.32 Å². The Morgan fingerprint density at radius 2 is 1.96 bits per heavy atom. The van der Waals surface area contributed by atoms with Crippen molar-refractivity contribution >= 4 is 11.9 Å². The number of aliphatic hydroxyl groups is 1. The largest absolute Gasteiger partial charge is 0.504 e. The van der Waals surface area contributed by atoms with Crippen LogP contribution in [0, 0.1) is 0 Å². The molecule has 0 heterocycles. The standard InChI is InChI=1S/C16H17NO6/c18-10-3-4-12(11(8-10)16(22)23)17-15(21)6-2-9-1-5-13(19)14(20)7-9/h1,3-5,7,10,18-20H,2,6,8H2,(H,17,21)(H,22,23). The number of carbonyl (C=O) groups is 2. The fraction of sp³-hybridized carbons (Fsp3) is 0.250. The Hall–Kier alpha value is -2.80. The second-order valence-corrected chi connectivity index (χ2v) is 5.20. The molecule has 1 aliphatic carbocycles. The summed E-state index contributed by atoms with van der Waals surface area (Å²) in [6, 6.07) is 4.28. The Bertz CT molecular complexity index is 692. The summed E-state index contributed by atoms with van der Waals surface area (Å²) in [5, 5.41) is 39.7. The van der Waals surface area contributed by atoms with Crippen molar-refractivity contribution in [1.29, 1.82) is 0 Å². The molecule has 0 fully saturated rings. The van der Waals surface area contributed by atoms with E-state index in [0.717, 1.165) is 0 Å². The summed E-state index contributed by atoms with van der Waals surface area (Å²) in [6.45, 7) is 0. The van der Waals surface area contributed by atoms with Crippen LogP contribution in [0.1, 0.15) is 18.4 Å². The number of aromatic hydroxyl groups is 2. The van der Waals surface area contributed by atoms with Crippen molar-refractivity contribution in [3.8, 4) is 11.5 Å². The monoisotopic (exact) mass is 319 g/mol. The molecule has 0 aliphatic heterocycles. The summed E-state index contributed by atoms with van der Waals surface area (Å²) in [4.78, 5) is 23.1. The van der Waals surface area contributed by atoms with E-state index in [0.29, 0.717) is 12.0 Å². The minimum atomic E-state index is -1.19. The van der Waals surface area contributed by atoms with Crippen molar-refractivity contribution in [2.75, 3.05) is 0 Å². The van der Waals surface area contributed by atoms with Crippen molar-refractivity contribution < 1.29 is 30.0 Å². The van der Waals surface area contributed by atoms with E-state index in [1.54, 1.807) is 6.07 Å². The third-order valence-corrected chi connectivity index (χ3v) is 3.44. The minimum Gasteiger partial charge on any atom is -0.504 e. The van der Waals surface area contributed by atoms with E-state index < -0.39 is 12.1 Å². The second kappa shape index (κ2) is 6.97. The van der Waals surface area contributed by atoms with Gasteiger partial charge in [-0.2, -0.15) is 0 Å². The van der Waals surface area contributed by atoms with Crippen LogP contribution in [0.25, 0.3) is 0 Å². The van der Waals surface area contributed by atoms with Gasteiger partial charge in [-0.3, -0.25) is 4.79 Å². The SMILES string of the molecule is O=C(CCc1ccc(O)c(O)c1)NC1=C(C(=O)O)CC(O)C=C1. The summed E-state index contributed by atoms with van der Waals surface area (Å²) in [5.74, 6) is -2.07. The van der Waals surface area contributed by atoms with Gasteiger partial charge < -0.3 is 25.7 Å². The van der Waals surface area contributed by atoms with Gasteiger partial charge in [0.25, 0.3) is 0 Å². The predicted molar refractivity (Wildman–Crippen MR) is 80.7 cm³/mol. The maximum absolute atomic E-state index is 11.9. The molecule has 2 rings (SSSR count). The fourth-order valence-corrected chi connectivity index (χ4v) is 2.21. The first-order valence-corrected chi connectivity index (χ1v) is 7.00. The van der Waals surface area contributed by atoms with Crippen LogP contribution in [0.3, 0.4) is 0 Å². The van der Waals surface area contributed by atoms with E-state index in [2.05, 4.69) is 5.32 Å². The molecule has 7 nitrogen and oxygen atoms in total. The quantitative estimate of drug-likeness (QED) is 0.511. The smallest absolute Gasteiger partial charge is 0.333 e. The molecular formula is C16H17NO6. The average molecular weight is 319 g/mol. The van der Waals surface area contributed by atoms with E-state index in [1.165, 1.54) is 24.3 Å². The van der Waals surface area contributed by atoms with Crippen LogP contribution in [0.4, 0.5) is 0 Å². The first-order chi connectivity index (χ1) is 10.9. The molecule has 1 aromatic carbocycles. The molecule has 122 valence electrons. The molecule has 1 amide bonds. The lowest BCUT2D eigenvalue weighted by atomic mass is 10.00. The van der Waals surface area contributed by atoms with Crippen LogP contribution in [0.5, 0.6) is 11.5 Å². The highest BCUT2D eigenvalue weighted by Crippen LogP contribution is 2.25. The molecule has 0 radical (unpaired) electrons. The highest BCUT2D eigenvalue weighted by molar-refractivity contribution is 5.90. The van der Waals surface area contributed by atoms with E-state index >= 15 is 0 Å². The van der Waals surface area contributed by atoms with Crippen LogP contribution in [-0.2, 0) is 16.0 Å². The number of phenols is 2. The molecule has 23 heavy (non-hydrogen) atoms. The van der Waals surface area contributed by atoms with Crippen molar-refractivity contribution in [1.82, 2.24) is 5.32 Å². The molecule has 5 N–H and O–H groups in total. The lowest BCUT2D eigenvalue weighted by Gasteiger charge is -2.17. The Morgan fingerprint density at radius 1 is 1.22 bits per heavy atom. The third-order valence-electron chi connectivity index (χ3n) is 3.44. The summed E-state index contributed by atoms with van der Waals surface area (Å²) in [5.41, 5.74) is 0.787. The van der Waals surface area contributed by atoms with Gasteiger partial charge in [-0.05, 0) is 30.2 Å². The minimum absolute atomic E-state index is 0.0457. The molecular weight excluding hydrogens is 302 g/mol. The Balaban J connectivity index is 1.98. The summed E-state index contributed by atoms with van der Waals surface area (Å²) < 4.78 is 0. The van der Waals surface area contributed by atoms with Crippen molar-refractivity contribution in [3.63, 3.8) is 0 Å². The zero-order chi connectivity index (χ0) is 17.0.